The van der Waals surface area contributed by atoms with Gasteiger partial charge in [-0.3, -0.25) is 4.79 Å². The number of carboxylic acids is 1. The zero-order valence-electron chi connectivity index (χ0n) is 11.8. The molecule has 0 bridgehead atoms. The molecule has 2 N–H and O–H groups in total. The van der Waals surface area contributed by atoms with Crippen molar-refractivity contribution in [3.8, 4) is 0 Å². The molecule has 0 spiro atoms. The first-order valence-corrected chi connectivity index (χ1v) is 8.80. The van der Waals surface area contributed by atoms with Crippen LogP contribution in [0.2, 0.25) is 0 Å². The van der Waals surface area contributed by atoms with Crippen LogP contribution < -0.4 is 4.72 Å². The van der Waals surface area contributed by atoms with Crippen LogP contribution in [0.5, 0.6) is 0 Å². The summed E-state index contributed by atoms with van der Waals surface area (Å²) < 4.78 is 27.3. The molecule has 0 atom stereocenters. The molecule has 0 unspecified atom stereocenters. The normalized spacial score (nSPS) is 20.4. The number of aliphatic carboxylic acids is 1. The molecule has 3 rings (SSSR count). The maximum atomic E-state index is 12.5. The molecular weight excluding hydrogens is 290 g/mol. The van der Waals surface area contributed by atoms with Gasteiger partial charge in [0.25, 0.3) is 0 Å². The van der Waals surface area contributed by atoms with Crippen molar-refractivity contribution in [3.05, 3.63) is 29.3 Å². The molecule has 6 heteroatoms. The van der Waals surface area contributed by atoms with Crippen molar-refractivity contribution < 1.29 is 18.3 Å². The van der Waals surface area contributed by atoms with Crippen LogP contribution in [0, 0.1) is 0 Å². The second-order valence-electron chi connectivity index (χ2n) is 5.98. The largest absolute Gasteiger partial charge is 0.480 e. The van der Waals surface area contributed by atoms with E-state index in [2.05, 4.69) is 4.72 Å². The van der Waals surface area contributed by atoms with Crippen LogP contribution in [-0.2, 0) is 27.7 Å². The van der Waals surface area contributed by atoms with Crippen molar-refractivity contribution in [2.45, 2.75) is 55.4 Å². The maximum Gasteiger partial charge on any atom is 0.324 e. The highest BCUT2D eigenvalue weighted by atomic mass is 32.2. The van der Waals surface area contributed by atoms with E-state index >= 15 is 0 Å². The standard InChI is InChI=1S/C15H19NO4S/c17-14(18)15(8-3-9-15)16-21(19,20)13-7-6-11-4-1-2-5-12(11)10-13/h6-7,10,16H,1-5,8-9H2,(H,17,18). The van der Waals surface area contributed by atoms with Gasteiger partial charge in [0, 0.05) is 0 Å². The molecule has 21 heavy (non-hydrogen) atoms. The molecule has 0 radical (unpaired) electrons. The summed E-state index contributed by atoms with van der Waals surface area (Å²) in [5.41, 5.74) is 0.966. The third kappa shape index (κ3) is 2.58. The molecule has 0 heterocycles. The minimum absolute atomic E-state index is 0.177. The summed E-state index contributed by atoms with van der Waals surface area (Å²) in [5, 5.41) is 9.26. The van der Waals surface area contributed by atoms with Gasteiger partial charge in [0.05, 0.1) is 4.90 Å². The molecule has 1 saturated carbocycles. The molecule has 1 aromatic carbocycles. The fourth-order valence-electron chi connectivity index (χ4n) is 3.08. The molecule has 0 amide bonds. The quantitative estimate of drug-likeness (QED) is 0.889. The second kappa shape index (κ2) is 5.10. The van der Waals surface area contributed by atoms with Crippen LogP contribution in [0.4, 0.5) is 0 Å². The lowest BCUT2D eigenvalue weighted by molar-refractivity contribution is -0.147. The lowest BCUT2D eigenvalue weighted by Crippen LogP contribution is -2.58. The first kappa shape index (κ1) is 14.5. The van der Waals surface area contributed by atoms with Crippen LogP contribution in [0.25, 0.3) is 0 Å². The van der Waals surface area contributed by atoms with Crippen LogP contribution in [0.15, 0.2) is 23.1 Å². The van der Waals surface area contributed by atoms with Crippen molar-refractivity contribution >= 4 is 16.0 Å². The lowest BCUT2D eigenvalue weighted by Gasteiger charge is -2.37. The Balaban J connectivity index is 1.90. The average molecular weight is 309 g/mol. The Labute approximate surface area is 124 Å². The van der Waals surface area contributed by atoms with E-state index in [1.54, 1.807) is 12.1 Å². The summed E-state index contributed by atoms with van der Waals surface area (Å²) in [5.74, 6) is -1.09. The van der Waals surface area contributed by atoms with E-state index in [0.717, 1.165) is 37.7 Å². The number of carbonyl (C=O) groups is 1. The fraction of sp³-hybridized carbons (Fsp3) is 0.533. The van der Waals surface area contributed by atoms with E-state index in [1.807, 2.05) is 6.07 Å². The second-order valence-corrected chi connectivity index (χ2v) is 7.67. The van der Waals surface area contributed by atoms with Crippen LogP contribution in [0.3, 0.4) is 0 Å². The van der Waals surface area contributed by atoms with E-state index in [0.29, 0.717) is 12.8 Å². The van der Waals surface area contributed by atoms with E-state index in [-0.39, 0.29) is 4.90 Å². The number of hydrogen-bond donors (Lipinski definition) is 2. The third-order valence-electron chi connectivity index (χ3n) is 4.58. The van der Waals surface area contributed by atoms with Gasteiger partial charge in [0.1, 0.15) is 5.54 Å². The summed E-state index contributed by atoms with van der Waals surface area (Å²) in [6, 6.07) is 5.14. The predicted octanol–water partition coefficient (Wildman–Crippen LogP) is 1.85. The van der Waals surface area contributed by atoms with Gasteiger partial charge in [0.15, 0.2) is 0 Å². The number of nitrogens with one attached hydrogen (secondary N) is 1. The first-order valence-electron chi connectivity index (χ1n) is 7.32. The van der Waals surface area contributed by atoms with Gasteiger partial charge in [0.2, 0.25) is 10.0 Å². The molecule has 114 valence electrons. The van der Waals surface area contributed by atoms with E-state index in [9.17, 15) is 18.3 Å². The number of fused-ring (bicyclic) bond motifs is 1. The van der Waals surface area contributed by atoms with Crippen molar-refractivity contribution in [3.63, 3.8) is 0 Å². The Hall–Kier alpha value is -1.40. The summed E-state index contributed by atoms with van der Waals surface area (Å²) in [4.78, 5) is 11.5. The minimum atomic E-state index is -3.79. The molecular formula is C15H19NO4S. The van der Waals surface area contributed by atoms with E-state index in [1.165, 1.54) is 5.56 Å². The number of sulfonamides is 1. The molecule has 1 aromatic rings. The first-order chi connectivity index (χ1) is 9.93. The highest BCUT2D eigenvalue weighted by molar-refractivity contribution is 7.89. The predicted molar refractivity (Wildman–Crippen MR) is 77.6 cm³/mol. The SMILES string of the molecule is O=C(O)C1(NS(=O)(=O)c2ccc3c(c2)CCCC3)CCC1. The lowest BCUT2D eigenvalue weighted by atomic mass is 9.78. The minimum Gasteiger partial charge on any atom is -0.480 e. The van der Waals surface area contributed by atoms with E-state index in [4.69, 9.17) is 0 Å². The van der Waals surface area contributed by atoms with Gasteiger partial charge in [-0.15, -0.1) is 0 Å². The maximum absolute atomic E-state index is 12.5. The van der Waals surface area contributed by atoms with Gasteiger partial charge < -0.3 is 5.11 Å². The molecule has 0 saturated heterocycles. The van der Waals surface area contributed by atoms with Gasteiger partial charge >= 0.3 is 5.97 Å². The Morgan fingerprint density at radius 1 is 1.10 bits per heavy atom. The molecule has 2 aliphatic rings. The zero-order chi connectivity index (χ0) is 15.1. The molecule has 2 aliphatic carbocycles. The summed E-state index contributed by atoms with van der Waals surface area (Å²) in [6.45, 7) is 0. The van der Waals surface area contributed by atoms with Crippen LogP contribution >= 0.6 is 0 Å². The smallest absolute Gasteiger partial charge is 0.324 e. The summed E-state index contributed by atoms with van der Waals surface area (Å²) in [6.07, 6.45) is 5.53. The van der Waals surface area contributed by atoms with Crippen molar-refractivity contribution in [1.82, 2.24) is 4.72 Å². The molecule has 0 aliphatic heterocycles. The van der Waals surface area contributed by atoms with E-state index < -0.39 is 21.5 Å². The number of benzene rings is 1. The molecule has 0 aromatic heterocycles. The summed E-state index contributed by atoms with van der Waals surface area (Å²) in [7, 11) is -3.79. The Bertz CT molecular complexity index is 677. The molecule has 5 nitrogen and oxygen atoms in total. The Morgan fingerprint density at radius 2 is 1.76 bits per heavy atom. The van der Waals surface area contributed by atoms with Gasteiger partial charge in [-0.2, -0.15) is 4.72 Å². The fourth-order valence-corrected chi connectivity index (χ4v) is 4.55. The number of carboxylic acid groups (broad SMARTS) is 1. The average Bonchev–Trinajstić information content (AvgIpc) is 2.42. The topological polar surface area (TPSA) is 83.5 Å². The van der Waals surface area contributed by atoms with Crippen LogP contribution in [0.1, 0.15) is 43.2 Å². The Kier molecular flexibility index (Phi) is 3.53. The van der Waals surface area contributed by atoms with Crippen LogP contribution in [-0.4, -0.2) is 25.0 Å². The summed E-state index contributed by atoms with van der Waals surface area (Å²) >= 11 is 0. The number of hydrogen-bond acceptors (Lipinski definition) is 3. The van der Waals surface area contributed by atoms with Gasteiger partial charge in [-0.05, 0) is 68.2 Å². The van der Waals surface area contributed by atoms with Crippen molar-refractivity contribution in [2.75, 3.05) is 0 Å². The Morgan fingerprint density at radius 3 is 2.33 bits per heavy atom. The van der Waals surface area contributed by atoms with Crippen molar-refractivity contribution in [1.29, 1.82) is 0 Å². The highest BCUT2D eigenvalue weighted by Crippen LogP contribution is 2.34. The monoisotopic (exact) mass is 309 g/mol. The van der Waals surface area contributed by atoms with Crippen molar-refractivity contribution in [2.24, 2.45) is 0 Å². The van der Waals surface area contributed by atoms with Gasteiger partial charge in [-0.25, -0.2) is 8.42 Å². The third-order valence-corrected chi connectivity index (χ3v) is 6.11. The van der Waals surface area contributed by atoms with Gasteiger partial charge in [-0.1, -0.05) is 6.07 Å². The molecule has 1 fully saturated rings. The zero-order valence-corrected chi connectivity index (χ0v) is 12.6. The number of rotatable bonds is 4. The highest BCUT2D eigenvalue weighted by Gasteiger charge is 2.47. The number of aryl methyl sites for hydroxylation is 2.